The number of ether oxygens (including phenoxy) is 5. The molecule has 3 rings (SSSR count). The molecule has 0 bridgehead atoms. The zero-order valence-corrected chi connectivity index (χ0v) is 24.4. The Morgan fingerprint density at radius 3 is 2.29 bits per heavy atom. The summed E-state index contributed by atoms with van der Waals surface area (Å²) < 4.78 is 27.4. The Morgan fingerprint density at radius 2 is 1.67 bits per heavy atom. The number of esters is 4. The molecule has 1 unspecified atom stereocenters. The van der Waals surface area contributed by atoms with Crippen molar-refractivity contribution in [2.75, 3.05) is 13.7 Å². The van der Waals surface area contributed by atoms with E-state index in [2.05, 4.69) is 10.3 Å². The quantitative estimate of drug-likeness (QED) is 0.341. The number of nitrogens with zero attached hydrogens (tertiary/aromatic N) is 1. The molecule has 1 saturated heterocycles. The van der Waals surface area contributed by atoms with E-state index in [4.69, 9.17) is 23.7 Å². The van der Waals surface area contributed by atoms with Gasteiger partial charge in [0.15, 0.2) is 23.6 Å². The average Bonchev–Trinajstić information content (AvgIpc) is 2.99. The zero-order valence-electron chi connectivity index (χ0n) is 24.4. The molecular formula is C30H36N2O10. The highest BCUT2D eigenvalue weighted by molar-refractivity contribution is 5.99. The summed E-state index contributed by atoms with van der Waals surface area (Å²) in [5, 5.41) is 2.45. The molecule has 1 amide bonds. The van der Waals surface area contributed by atoms with Crippen LogP contribution in [-0.4, -0.2) is 66.7 Å². The summed E-state index contributed by atoms with van der Waals surface area (Å²) in [6.45, 7) is 7.44. The van der Waals surface area contributed by atoms with Crippen LogP contribution in [0.2, 0.25) is 0 Å². The van der Waals surface area contributed by atoms with E-state index in [0.29, 0.717) is 0 Å². The Balaban J connectivity index is 1.90. The van der Waals surface area contributed by atoms with Crippen molar-refractivity contribution in [2.24, 2.45) is 17.8 Å². The second-order valence-electron chi connectivity index (χ2n) is 10.4. The third-order valence-electron chi connectivity index (χ3n) is 6.45. The number of hydrogen-bond acceptors (Lipinski definition) is 11. The first-order valence-corrected chi connectivity index (χ1v) is 13.6. The number of amides is 1. The Morgan fingerprint density at radius 1 is 1.00 bits per heavy atom. The van der Waals surface area contributed by atoms with E-state index in [-0.39, 0.29) is 23.6 Å². The molecule has 2 aromatic rings. The predicted octanol–water partition coefficient (Wildman–Crippen LogP) is 2.67. The van der Waals surface area contributed by atoms with Crippen LogP contribution in [0.1, 0.15) is 50.7 Å². The minimum Gasteiger partial charge on any atom is -0.493 e. The maximum Gasteiger partial charge on any atom is 0.332 e. The lowest BCUT2D eigenvalue weighted by Gasteiger charge is -2.29. The third kappa shape index (κ3) is 8.05. The van der Waals surface area contributed by atoms with Gasteiger partial charge in [0.05, 0.1) is 18.9 Å². The number of rotatable bonds is 9. The van der Waals surface area contributed by atoms with Gasteiger partial charge < -0.3 is 29.0 Å². The van der Waals surface area contributed by atoms with Crippen molar-refractivity contribution in [1.29, 1.82) is 0 Å². The normalized spacial score (nSPS) is 20.9. The zero-order chi connectivity index (χ0) is 31.0. The van der Waals surface area contributed by atoms with Gasteiger partial charge in [-0.15, -0.1) is 0 Å². The van der Waals surface area contributed by atoms with Gasteiger partial charge in [-0.2, -0.15) is 0 Å². The largest absolute Gasteiger partial charge is 0.493 e. The van der Waals surface area contributed by atoms with Crippen LogP contribution in [0.3, 0.4) is 0 Å². The Bertz CT molecular complexity index is 1290. The molecule has 0 saturated carbocycles. The molecule has 2 heterocycles. The number of aromatic nitrogens is 1. The summed E-state index contributed by atoms with van der Waals surface area (Å²) in [4.78, 5) is 68.8. The van der Waals surface area contributed by atoms with Crippen LogP contribution in [0.4, 0.5) is 0 Å². The minimum absolute atomic E-state index is 0.0693. The summed E-state index contributed by atoms with van der Waals surface area (Å²) in [5.74, 6) is -5.98. The predicted molar refractivity (Wildman–Crippen MR) is 147 cm³/mol. The summed E-state index contributed by atoms with van der Waals surface area (Å²) in [6, 6.07) is 9.01. The van der Waals surface area contributed by atoms with Crippen LogP contribution >= 0.6 is 0 Å². The van der Waals surface area contributed by atoms with Gasteiger partial charge in [-0.3, -0.25) is 19.2 Å². The molecule has 12 heteroatoms. The van der Waals surface area contributed by atoms with Gasteiger partial charge in [0.1, 0.15) is 18.6 Å². The number of cyclic esters (lactones) is 2. The fourth-order valence-corrected chi connectivity index (χ4v) is 4.05. The van der Waals surface area contributed by atoms with Gasteiger partial charge in [-0.1, -0.05) is 58.0 Å². The monoisotopic (exact) mass is 584 g/mol. The molecule has 42 heavy (non-hydrogen) atoms. The number of nitrogens with one attached hydrogen (secondary N) is 1. The van der Waals surface area contributed by atoms with Crippen molar-refractivity contribution >= 4 is 29.8 Å². The van der Waals surface area contributed by atoms with Crippen LogP contribution in [-0.2, 0) is 39.8 Å². The topological polar surface area (TPSA) is 156 Å². The highest BCUT2D eigenvalue weighted by Crippen LogP contribution is 2.31. The smallest absolute Gasteiger partial charge is 0.332 e. The summed E-state index contributed by atoms with van der Waals surface area (Å²) in [5.41, 5.74) is 0.446. The molecule has 4 atom stereocenters. The van der Waals surface area contributed by atoms with E-state index in [1.165, 1.54) is 26.3 Å². The van der Waals surface area contributed by atoms with Gasteiger partial charge in [0.2, 0.25) is 5.75 Å². The van der Waals surface area contributed by atoms with E-state index >= 15 is 0 Å². The summed E-state index contributed by atoms with van der Waals surface area (Å²) in [7, 11) is 1.33. The van der Waals surface area contributed by atoms with Crippen molar-refractivity contribution in [3.63, 3.8) is 0 Å². The van der Waals surface area contributed by atoms with Gasteiger partial charge in [-0.25, -0.2) is 9.78 Å². The lowest BCUT2D eigenvalue weighted by Crippen LogP contribution is -2.47. The van der Waals surface area contributed by atoms with Crippen molar-refractivity contribution < 1.29 is 47.7 Å². The fraction of sp³-hybridized carbons (Fsp3) is 0.467. The standard InChI is InChI=1S/C30H36N2O10/c1-16(2)27(34)41-24-18(5)40-30(37)21(15-39-29(36)20(24)14-19-10-8-7-9-11-19)32-26(33)23-25(42-28(35)17(3)4)22(38-6)12-13-31-23/h7-13,16-18,20-21,24H,14-15H2,1-6H3,(H,32,33)/t18-,20+,21-,24?/m0/s1. The molecule has 1 aromatic carbocycles. The number of hydrogen-bond donors (Lipinski definition) is 1. The van der Waals surface area contributed by atoms with E-state index in [1.807, 2.05) is 18.2 Å². The summed E-state index contributed by atoms with van der Waals surface area (Å²) >= 11 is 0. The minimum atomic E-state index is -1.46. The molecule has 0 radical (unpaired) electrons. The molecule has 1 aliphatic rings. The number of carbonyl (C=O) groups excluding carboxylic acids is 5. The summed E-state index contributed by atoms with van der Waals surface area (Å²) in [6.07, 6.45) is -0.816. The number of benzene rings is 1. The molecule has 0 aliphatic carbocycles. The van der Waals surface area contributed by atoms with E-state index in [9.17, 15) is 24.0 Å². The SMILES string of the molecule is COc1ccnc(C(=O)N[C@H]2COC(=O)[C@H](Cc3ccccc3)C(OC(=O)C(C)C)[C@H](C)OC2=O)c1OC(=O)C(C)C. The van der Waals surface area contributed by atoms with Crippen molar-refractivity contribution in [1.82, 2.24) is 10.3 Å². The molecule has 1 aromatic heterocycles. The van der Waals surface area contributed by atoms with Crippen LogP contribution < -0.4 is 14.8 Å². The molecule has 226 valence electrons. The number of methoxy groups -OCH3 is 1. The second-order valence-corrected chi connectivity index (χ2v) is 10.4. The van der Waals surface area contributed by atoms with E-state index in [1.54, 1.807) is 39.8 Å². The first-order valence-electron chi connectivity index (χ1n) is 13.6. The number of pyridine rings is 1. The Labute approximate surface area is 244 Å². The van der Waals surface area contributed by atoms with Gasteiger partial charge in [0, 0.05) is 12.3 Å². The van der Waals surface area contributed by atoms with Crippen molar-refractivity contribution in [3.8, 4) is 11.5 Å². The third-order valence-corrected chi connectivity index (χ3v) is 6.45. The van der Waals surface area contributed by atoms with Crippen LogP contribution in [0, 0.1) is 17.8 Å². The second kappa shape index (κ2) is 14.4. The van der Waals surface area contributed by atoms with Crippen molar-refractivity contribution in [3.05, 3.63) is 53.9 Å². The molecule has 12 nitrogen and oxygen atoms in total. The molecular weight excluding hydrogens is 548 g/mol. The van der Waals surface area contributed by atoms with Crippen molar-refractivity contribution in [2.45, 2.75) is 59.3 Å². The van der Waals surface area contributed by atoms with Crippen LogP contribution in [0.5, 0.6) is 11.5 Å². The van der Waals surface area contributed by atoms with Crippen LogP contribution in [0.25, 0.3) is 0 Å². The van der Waals surface area contributed by atoms with E-state index < -0.39 is 72.4 Å². The highest BCUT2D eigenvalue weighted by Gasteiger charge is 2.42. The first-order chi connectivity index (χ1) is 19.9. The molecule has 1 N–H and O–H groups in total. The van der Waals surface area contributed by atoms with Gasteiger partial charge >= 0.3 is 23.9 Å². The van der Waals surface area contributed by atoms with Gasteiger partial charge in [-0.05, 0) is 18.9 Å². The maximum absolute atomic E-state index is 13.4. The maximum atomic E-state index is 13.4. The molecule has 0 spiro atoms. The fourth-order valence-electron chi connectivity index (χ4n) is 4.05. The van der Waals surface area contributed by atoms with Gasteiger partial charge in [0.25, 0.3) is 5.91 Å². The number of carbonyl (C=O) groups is 5. The lowest BCUT2D eigenvalue weighted by atomic mass is 9.91. The Hall–Kier alpha value is -4.48. The average molecular weight is 585 g/mol. The van der Waals surface area contributed by atoms with E-state index in [0.717, 1.165) is 5.56 Å². The Kier molecular flexibility index (Phi) is 11.0. The highest BCUT2D eigenvalue weighted by atomic mass is 16.6. The molecule has 1 aliphatic heterocycles. The van der Waals surface area contributed by atoms with Crippen LogP contribution in [0.15, 0.2) is 42.6 Å². The lowest BCUT2D eigenvalue weighted by molar-refractivity contribution is -0.176. The first kappa shape index (κ1) is 32.0. The molecule has 1 fully saturated rings.